The molecule has 0 spiro atoms. The summed E-state index contributed by atoms with van der Waals surface area (Å²) in [4.78, 5) is 8.22. The summed E-state index contributed by atoms with van der Waals surface area (Å²) >= 11 is 0. The average molecular weight is 525 g/mol. The number of fused-ring (bicyclic) bond motifs is 2. The molecular formula is C35H29FN4. The molecule has 0 bridgehead atoms. The SMILES string of the molecule is C=C/C(=C\C(=C/C)c1cc2c(-c3cc4c(-c5ccccc5F)cccc4[nH]3)n[nH]c2cn1)CCc1ccccc1. The maximum absolute atomic E-state index is 14.6. The molecule has 4 nitrogen and oxygen atoms in total. The highest BCUT2D eigenvalue weighted by Gasteiger charge is 2.16. The molecular weight excluding hydrogens is 495 g/mol. The monoisotopic (exact) mass is 524 g/mol. The third-order valence-corrected chi connectivity index (χ3v) is 7.29. The Kier molecular flexibility index (Phi) is 6.94. The zero-order valence-electron chi connectivity index (χ0n) is 22.3. The summed E-state index contributed by atoms with van der Waals surface area (Å²) in [6, 6.07) is 27.3. The number of nitrogens with one attached hydrogen (secondary N) is 2. The summed E-state index contributed by atoms with van der Waals surface area (Å²) in [5.41, 5.74) is 9.18. The normalized spacial score (nSPS) is 12.3. The van der Waals surface area contributed by atoms with Crippen LogP contribution in [0.15, 0.2) is 122 Å². The van der Waals surface area contributed by atoms with E-state index in [2.05, 4.69) is 64.2 Å². The predicted octanol–water partition coefficient (Wildman–Crippen LogP) is 9.06. The van der Waals surface area contributed by atoms with Crippen molar-refractivity contribution < 1.29 is 4.39 Å². The van der Waals surface area contributed by atoms with Crippen LogP contribution in [0.4, 0.5) is 4.39 Å². The number of hydrogen-bond donors (Lipinski definition) is 2. The van der Waals surface area contributed by atoms with Gasteiger partial charge in [0.05, 0.1) is 23.1 Å². The first-order valence-electron chi connectivity index (χ1n) is 13.4. The van der Waals surface area contributed by atoms with E-state index in [9.17, 15) is 4.39 Å². The fourth-order valence-corrected chi connectivity index (χ4v) is 5.15. The number of H-pyrrole nitrogens is 2. The van der Waals surface area contributed by atoms with Gasteiger partial charge in [0.25, 0.3) is 0 Å². The zero-order valence-corrected chi connectivity index (χ0v) is 22.3. The summed E-state index contributed by atoms with van der Waals surface area (Å²) < 4.78 is 14.6. The van der Waals surface area contributed by atoms with Crippen molar-refractivity contribution >= 4 is 27.4 Å². The number of pyridine rings is 1. The van der Waals surface area contributed by atoms with Crippen molar-refractivity contribution in [3.8, 4) is 22.5 Å². The number of aromatic amines is 2. The first-order chi connectivity index (χ1) is 19.6. The van der Waals surface area contributed by atoms with E-state index in [-0.39, 0.29) is 5.82 Å². The summed E-state index contributed by atoms with van der Waals surface area (Å²) in [6.07, 6.45) is 9.82. The van der Waals surface area contributed by atoms with Crippen molar-refractivity contribution in [1.29, 1.82) is 0 Å². The van der Waals surface area contributed by atoms with E-state index < -0.39 is 0 Å². The third-order valence-electron chi connectivity index (χ3n) is 7.29. The lowest BCUT2D eigenvalue weighted by atomic mass is 10.00. The van der Waals surface area contributed by atoms with Crippen LogP contribution in [0.5, 0.6) is 0 Å². The van der Waals surface area contributed by atoms with Crippen LogP contribution in [0.2, 0.25) is 0 Å². The Bertz CT molecular complexity index is 1890. The highest BCUT2D eigenvalue weighted by atomic mass is 19.1. The molecule has 0 aliphatic heterocycles. The summed E-state index contributed by atoms with van der Waals surface area (Å²) in [6.45, 7) is 6.07. The van der Waals surface area contributed by atoms with Crippen LogP contribution in [0.25, 0.3) is 49.9 Å². The number of aryl methyl sites for hydroxylation is 1. The number of nitrogens with zero attached hydrogens (tertiary/aromatic N) is 2. The van der Waals surface area contributed by atoms with Crippen molar-refractivity contribution in [1.82, 2.24) is 20.2 Å². The Hall–Kier alpha value is -5.03. The molecule has 2 N–H and O–H groups in total. The second-order valence-electron chi connectivity index (χ2n) is 9.77. The first-order valence-corrected chi connectivity index (χ1v) is 13.4. The molecule has 196 valence electrons. The van der Waals surface area contributed by atoms with Gasteiger partial charge in [-0.1, -0.05) is 79.4 Å². The molecule has 0 atom stereocenters. The number of rotatable bonds is 8. The van der Waals surface area contributed by atoms with E-state index in [0.29, 0.717) is 5.56 Å². The van der Waals surface area contributed by atoms with Crippen molar-refractivity contribution in [3.05, 3.63) is 139 Å². The van der Waals surface area contributed by atoms with Gasteiger partial charge in [-0.2, -0.15) is 5.10 Å². The van der Waals surface area contributed by atoms with Crippen LogP contribution in [-0.4, -0.2) is 20.2 Å². The molecule has 0 unspecified atom stereocenters. The van der Waals surface area contributed by atoms with Crippen molar-refractivity contribution in [2.45, 2.75) is 19.8 Å². The van der Waals surface area contributed by atoms with Crippen LogP contribution in [-0.2, 0) is 6.42 Å². The highest BCUT2D eigenvalue weighted by molar-refractivity contribution is 6.01. The van der Waals surface area contributed by atoms with Crippen molar-refractivity contribution in [3.63, 3.8) is 0 Å². The summed E-state index contributed by atoms with van der Waals surface area (Å²) in [7, 11) is 0. The molecule has 0 amide bonds. The fraction of sp³-hybridized carbons (Fsp3) is 0.0857. The summed E-state index contributed by atoms with van der Waals surface area (Å²) in [5, 5.41) is 9.65. The maximum Gasteiger partial charge on any atom is 0.131 e. The van der Waals surface area contributed by atoms with Crippen molar-refractivity contribution in [2.24, 2.45) is 0 Å². The Balaban J connectivity index is 1.36. The second kappa shape index (κ2) is 11.0. The second-order valence-corrected chi connectivity index (χ2v) is 9.77. The van der Waals surface area contributed by atoms with Crippen LogP contribution in [0.3, 0.4) is 0 Å². The lowest BCUT2D eigenvalue weighted by Gasteiger charge is -2.07. The Labute approximate surface area is 232 Å². The van der Waals surface area contributed by atoms with E-state index >= 15 is 0 Å². The molecule has 0 aliphatic carbocycles. The quantitative estimate of drug-likeness (QED) is 0.195. The smallest absolute Gasteiger partial charge is 0.131 e. The minimum atomic E-state index is -0.242. The standard InChI is InChI=1S/C35H29FN4/c1-3-23(17-18-24-11-6-5-7-12-24)19-25(4-2)32-21-29-34(22-37-32)39-40-35(29)33-20-28-26(14-10-16-31(28)38-33)27-13-8-9-15-30(27)36/h3-16,19-22,38H,1,17-18H2,2H3,(H,39,40)/b23-19+,25-4+. The molecule has 40 heavy (non-hydrogen) atoms. The zero-order chi connectivity index (χ0) is 27.5. The molecule has 0 saturated heterocycles. The fourth-order valence-electron chi connectivity index (χ4n) is 5.15. The third kappa shape index (κ3) is 4.90. The van der Waals surface area contributed by atoms with E-state index in [1.54, 1.807) is 6.07 Å². The molecule has 0 saturated carbocycles. The van der Waals surface area contributed by atoms with Gasteiger partial charge < -0.3 is 4.98 Å². The summed E-state index contributed by atoms with van der Waals surface area (Å²) in [5.74, 6) is -0.242. The number of allylic oxidation sites excluding steroid dienone is 5. The van der Waals surface area contributed by atoms with Crippen LogP contribution in [0, 0.1) is 5.82 Å². The number of benzene rings is 3. The van der Waals surface area contributed by atoms with Crippen LogP contribution in [0.1, 0.15) is 24.6 Å². The Morgan fingerprint density at radius 2 is 1.70 bits per heavy atom. The van der Waals surface area contributed by atoms with E-state index in [4.69, 9.17) is 4.98 Å². The van der Waals surface area contributed by atoms with Crippen LogP contribution < -0.4 is 0 Å². The van der Waals surface area contributed by atoms with Gasteiger partial charge in [0, 0.05) is 21.9 Å². The van der Waals surface area contributed by atoms with Crippen LogP contribution >= 0.6 is 0 Å². The lowest BCUT2D eigenvalue weighted by Crippen LogP contribution is -1.91. The lowest BCUT2D eigenvalue weighted by molar-refractivity contribution is 0.631. The average Bonchev–Trinajstić information content (AvgIpc) is 3.62. The van der Waals surface area contributed by atoms with Gasteiger partial charge in [-0.25, -0.2) is 4.39 Å². The van der Waals surface area contributed by atoms with Gasteiger partial charge in [-0.05, 0) is 72.4 Å². The van der Waals surface area contributed by atoms with Gasteiger partial charge in [-0.15, -0.1) is 0 Å². The van der Waals surface area contributed by atoms with Gasteiger partial charge >= 0.3 is 0 Å². The number of hydrogen-bond acceptors (Lipinski definition) is 2. The van der Waals surface area contributed by atoms with Gasteiger partial charge in [-0.3, -0.25) is 10.1 Å². The minimum absolute atomic E-state index is 0.242. The van der Waals surface area contributed by atoms with Gasteiger partial charge in [0.1, 0.15) is 11.5 Å². The molecule has 5 heteroatoms. The largest absolute Gasteiger partial charge is 0.353 e. The first kappa shape index (κ1) is 25.3. The van der Waals surface area contributed by atoms with E-state index in [1.807, 2.05) is 61.7 Å². The Morgan fingerprint density at radius 3 is 2.50 bits per heavy atom. The number of halogens is 1. The highest BCUT2D eigenvalue weighted by Crippen LogP contribution is 2.35. The van der Waals surface area contributed by atoms with Gasteiger partial charge in [0.2, 0.25) is 0 Å². The molecule has 0 aliphatic rings. The molecule has 0 radical (unpaired) electrons. The number of aromatic nitrogens is 4. The maximum atomic E-state index is 14.6. The Morgan fingerprint density at radius 1 is 0.900 bits per heavy atom. The van der Waals surface area contributed by atoms with E-state index in [0.717, 1.165) is 68.4 Å². The molecule has 6 rings (SSSR count). The molecule has 0 fully saturated rings. The van der Waals surface area contributed by atoms with Crippen molar-refractivity contribution in [2.75, 3.05) is 0 Å². The minimum Gasteiger partial charge on any atom is -0.353 e. The van der Waals surface area contributed by atoms with E-state index in [1.165, 1.54) is 11.6 Å². The molecule has 3 aromatic heterocycles. The molecule has 6 aromatic rings. The molecule has 3 aromatic carbocycles. The van der Waals surface area contributed by atoms with Gasteiger partial charge in [0.15, 0.2) is 0 Å². The molecule has 3 heterocycles. The predicted molar refractivity (Wildman–Crippen MR) is 163 cm³/mol. The topological polar surface area (TPSA) is 57.4 Å².